The Balaban J connectivity index is 1.38. The first kappa shape index (κ1) is 21.0. The second kappa shape index (κ2) is 8.89. The zero-order valence-electron chi connectivity index (χ0n) is 17.0. The molecule has 4 rings (SSSR count). The second-order valence-corrected chi connectivity index (χ2v) is 9.29. The predicted molar refractivity (Wildman–Crippen MR) is 119 cm³/mol. The Hall–Kier alpha value is -3.20. The van der Waals surface area contributed by atoms with Crippen molar-refractivity contribution in [3.63, 3.8) is 0 Å². The van der Waals surface area contributed by atoms with Crippen molar-refractivity contribution in [2.24, 2.45) is 4.99 Å². The highest BCUT2D eigenvalue weighted by Crippen LogP contribution is 2.22. The lowest BCUT2D eigenvalue weighted by atomic mass is 10.1. The van der Waals surface area contributed by atoms with E-state index in [4.69, 9.17) is 0 Å². The highest BCUT2D eigenvalue weighted by molar-refractivity contribution is 7.90. The van der Waals surface area contributed by atoms with Crippen LogP contribution in [0.1, 0.15) is 31.2 Å². The van der Waals surface area contributed by atoms with Crippen LogP contribution in [0.15, 0.2) is 58.4 Å². The van der Waals surface area contributed by atoms with E-state index in [0.29, 0.717) is 30.9 Å². The summed E-state index contributed by atoms with van der Waals surface area (Å²) in [6.07, 6.45) is 3.02. The first-order valence-electron chi connectivity index (χ1n) is 10.3. The number of hydrogen-bond donors (Lipinski definition) is 2. The van der Waals surface area contributed by atoms with Crippen molar-refractivity contribution in [1.29, 1.82) is 0 Å². The van der Waals surface area contributed by atoms with Crippen LogP contribution in [-0.2, 0) is 26.0 Å². The SMILES string of the molecule is O=C(Cc1ccc(N2CCCC2=O)cc1)Nc1cccc(S(=O)(=O)NC2=NCCC2)c1. The molecule has 2 N–H and O–H groups in total. The molecule has 2 aliphatic heterocycles. The van der Waals surface area contributed by atoms with Gasteiger partial charge in [-0.15, -0.1) is 0 Å². The lowest BCUT2D eigenvalue weighted by Crippen LogP contribution is -2.29. The Bertz CT molecular complexity index is 1130. The number of nitrogens with one attached hydrogen (secondary N) is 2. The molecular formula is C22H24N4O4S. The van der Waals surface area contributed by atoms with Crippen LogP contribution in [0.25, 0.3) is 0 Å². The molecule has 1 saturated heterocycles. The van der Waals surface area contributed by atoms with Crippen molar-refractivity contribution in [2.75, 3.05) is 23.3 Å². The van der Waals surface area contributed by atoms with Crippen LogP contribution in [-0.4, -0.2) is 39.2 Å². The third kappa shape index (κ3) is 5.11. The molecule has 0 aromatic heterocycles. The molecule has 2 heterocycles. The van der Waals surface area contributed by atoms with E-state index in [9.17, 15) is 18.0 Å². The first-order chi connectivity index (χ1) is 14.9. The molecule has 2 aromatic carbocycles. The summed E-state index contributed by atoms with van der Waals surface area (Å²) in [7, 11) is -3.74. The lowest BCUT2D eigenvalue weighted by Gasteiger charge is -2.16. The number of nitrogens with zero attached hydrogens (tertiary/aromatic N) is 2. The molecule has 0 radical (unpaired) electrons. The summed E-state index contributed by atoms with van der Waals surface area (Å²) in [5, 5.41) is 2.75. The van der Waals surface area contributed by atoms with Gasteiger partial charge in [0.25, 0.3) is 10.0 Å². The van der Waals surface area contributed by atoms with Gasteiger partial charge in [0.05, 0.1) is 11.3 Å². The van der Waals surface area contributed by atoms with E-state index in [1.165, 1.54) is 12.1 Å². The molecule has 0 spiro atoms. The fourth-order valence-electron chi connectivity index (χ4n) is 3.68. The van der Waals surface area contributed by atoms with Crippen molar-refractivity contribution in [3.05, 3.63) is 54.1 Å². The van der Waals surface area contributed by atoms with E-state index >= 15 is 0 Å². The average molecular weight is 441 g/mol. The molecule has 2 aromatic rings. The smallest absolute Gasteiger partial charge is 0.262 e. The molecule has 0 saturated carbocycles. The Labute approximate surface area is 181 Å². The first-order valence-corrected chi connectivity index (χ1v) is 11.7. The van der Waals surface area contributed by atoms with Crippen molar-refractivity contribution < 1.29 is 18.0 Å². The van der Waals surface area contributed by atoms with E-state index in [2.05, 4.69) is 15.0 Å². The molecule has 9 heteroatoms. The fourth-order valence-corrected chi connectivity index (χ4v) is 4.82. The van der Waals surface area contributed by atoms with Gasteiger partial charge in [-0.2, -0.15) is 0 Å². The third-order valence-corrected chi connectivity index (χ3v) is 6.62. The zero-order valence-corrected chi connectivity index (χ0v) is 17.8. The van der Waals surface area contributed by atoms with Crippen molar-refractivity contribution >= 4 is 39.0 Å². The van der Waals surface area contributed by atoms with Gasteiger partial charge < -0.3 is 10.2 Å². The maximum Gasteiger partial charge on any atom is 0.262 e. The van der Waals surface area contributed by atoms with Crippen LogP contribution in [0.4, 0.5) is 11.4 Å². The summed E-state index contributed by atoms with van der Waals surface area (Å²) >= 11 is 0. The lowest BCUT2D eigenvalue weighted by molar-refractivity contribution is -0.117. The topological polar surface area (TPSA) is 108 Å². The number of sulfonamides is 1. The molecule has 162 valence electrons. The highest BCUT2D eigenvalue weighted by atomic mass is 32.2. The monoisotopic (exact) mass is 440 g/mol. The molecule has 2 aliphatic rings. The maximum absolute atomic E-state index is 12.5. The Morgan fingerprint density at radius 1 is 1.06 bits per heavy atom. The number of amidine groups is 1. The molecule has 0 aliphatic carbocycles. The van der Waals surface area contributed by atoms with Crippen LogP contribution in [0.5, 0.6) is 0 Å². The Kier molecular flexibility index (Phi) is 6.03. The molecule has 2 amide bonds. The second-order valence-electron chi connectivity index (χ2n) is 7.61. The number of benzene rings is 2. The number of aliphatic imine (C=N–C) groups is 1. The number of rotatable bonds is 6. The minimum absolute atomic E-state index is 0.0690. The molecule has 1 fully saturated rings. The number of carbonyl (C=O) groups excluding carboxylic acids is 2. The van der Waals surface area contributed by atoms with E-state index < -0.39 is 10.0 Å². The number of amides is 2. The minimum atomic E-state index is -3.74. The Morgan fingerprint density at radius 2 is 1.87 bits per heavy atom. The van der Waals surface area contributed by atoms with Gasteiger partial charge in [-0.1, -0.05) is 18.2 Å². The van der Waals surface area contributed by atoms with E-state index in [1.54, 1.807) is 17.0 Å². The largest absolute Gasteiger partial charge is 0.326 e. The summed E-state index contributed by atoms with van der Waals surface area (Å²) in [5.41, 5.74) is 2.04. The summed E-state index contributed by atoms with van der Waals surface area (Å²) in [5.74, 6) is 0.330. The summed E-state index contributed by atoms with van der Waals surface area (Å²) < 4.78 is 27.6. The molecule has 0 bridgehead atoms. The number of carbonyl (C=O) groups is 2. The highest BCUT2D eigenvalue weighted by Gasteiger charge is 2.22. The van der Waals surface area contributed by atoms with Gasteiger partial charge in [0.1, 0.15) is 5.84 Å². The number of anilines is 2. The van der Waals surface area contributed by atoms with Gasteiger partial charge in [-0.05, 0) is 48.7 Å². The van der Waals surface area contributed by atoms with Crippen LogP contribution in [0.2, 0.25) is 0 Å². The molecular weight excluding hydrogens is 416 g/mol. The van der Waals surface area contributed by atoms with Crippen molar-refractivity contribution in [1.82, 2.24) is 4.72 Å². The molecule has 8 nitrogen and oxygen atoms in total. The predicted octanol–water partition coefficient (Wildman–Crippen LogP) is 2.47. The molecule has 0 unspecified atom stereocenters. The van der Waals surface area contributed by atoms with E-state index in [0.717, 1.165) is 30.6 Å². The third-order valence-electron chi connectivity index (χ3n) is 5.24. The summed E-state index contributed by atoms with van der Waals surface area (Å²) in [4.78, 5) is 30.3. The Morgan fingerprint density at radius 3 is 2.55 bits per heavy atom. The van der Waals surface area contributed by atoms with Crippen molar-refractivity contribution in [2.45, 2.75) is 37.0 Å². The zero-order chi connectivity index (χ0) is 21.8. The van der Waals surface area contributed by atoms with E-state index in [-0.39, 0.29) is 23.1 Å². The summed E-state index contributed by atoms with van der Waals surface area (Å²) in [6, 6.07) is 13.5. The molecule has 31 heavy (non-hydrogen) atoms. The maximum atomic E-state index is 12.5. The standard InChI is InChI=1S/C22H24N4O4S/c27-21(14-16-8-10-18(11-9-16)26-13-3-7-22(26)28)24-17-4-1-5-19(15-17)31(29,30)25-20-6-2-12-23-20/h1,4-5,8-11,15H,2-3,6-7,12-14H2,(H,23,25)(H,24,27). The number of hydrogen-bond acceptors (Lipinski definition) is 5. The van der Waals surface area contributed by atoms with Gasteiger partial charge in [0.15, 0.2) is 0 Å². The molecule has 0 atom stereocenters. The van der Waals surface area contributed by atoms with Crippen molar-refractivity contribution in [3.8, 4) is 0 Å². The van der Waals surface area contributed by atoms with Gasteiger partial charge in [0.2, 0.25) is 11.8 Å². The van der Waals surface area contributed by atoms with Crippen LogP contribution < -0.4 is 14.9 Å². The van der Waals surface area contributed by atoms with Gasteiger partial charge in [-0.3, -0.25) is 19.3 Å². The normalized spacial score (nSPS) is 16.3. The van der Waals surface area contributed by atoms with Gasteiger partial charge in [0, 0.05) is 37.3 Å². The van der Waals surface area contributed by atoms with Crippen LogP contribution in [0.3, 0.4) is 0 Å². The average Bonchev–Trinajstić information content (AvgIpc) is 3.40. The quantitative estimate of drug-likeness (QED) is 0.719. The van der Waals surface area contributed by atoms with Gasteiger partial charge >= 0.3 is 0 Å². The van der Waals surface area contributed by atoms with Crippen LogP contribution >= 0.6 is 0 Å². The van der Waals surface area contributed by atoms with Crippen LogP contribution in [0, 0.1) is 0 Å². The van der Waals surface area contributed by atoms with Gasteiger partial charge in [-0.25, -0.2) is 8.42 Å². The fraction of sp³-hybridized carbons (Fsp3) is 0.318. The summed E-state index contributed by atoms with van der Waals surface area (Å²) in [6.45, 7) is 1.35. The minimum Gasteiger partial charge on any atom is -0.326 e. The van der Waals surface area contributed by atoms with E-state index in [1.807, 2.05) is 24.3 Å².